The molecule has 30 heavy (non-hydrogen) atoms. The minimum Gasteiger partial charge on any atom is -0.390 e. The zero-order chi connectivity index (χ0) is 22.8. The number of aliphatic hydroxyl groups is 5. The SMILES string of the molecule is CN[C@@H]1[C@@H](O)[C@@H](O[C@H]2[C@H](NC(=O)C(O)C(O)CN)C[C@H](N)C(C)[C@@H]2O)OC[C@]1(C)O. The molecule has 3 unspecified atom stereocenters. The van der Waals surface area contributed by atoms with Gasteiger partial charge in [-0.1, -0.05) is 6.92 Å². The normalized spacial score (nSPS) is 44.3. The van der Waals surface area contributed by atoms with Crippen LogP contribution in [-0.4, -0.2) is 112 Å². The molecule has 0 bridgehead atoms. The van der Waals surface area contributed by atoms with Crippen LogP contribution in [0, 0.1) is 5.92 Å². The average molecular weight is 437 g/mol. The van der Waals surface area contributed by atoms with Gasteiger partial charge in [-0.05, 0) is 26.3 Å². The summed E-state index contributed by atoms with van der Waals surface area (Å²) < 4.78 is 11.4. The summed E-state index contributed by atoms with van der Waals surface area (Å²) in [5, 5.41) is 56.6. The number of hydrogen-bond acceptors (Lipinski definition) is 11. The van der Waals surface area contributed by atoms with Crippen LogP contribution in [0.5, 0.6) is 0 Å². The number of hydrogen-bond donors (Lipinski definition) is 9. The Morgan fingerprint density at radius 3 is 2.53 bits per heavy atom. The largest absolute Gasteiger partial charge is 0.390 e. The Morgan fingerprint density at radius 1 is 1.33 bits per heavy atom. The molecule has 1 heterocycles. The van der Waals surface area contributed by atoms with Crippen LogP contribution in [0.25, 0.3) is 0 Å². The average Bonchev–Trinajstić information content (AvgIpc) is 2.69. The molecule has 0 aromatic rings. The van der Waals surface area contributed by atoms with Crippen molar-refractivity contribution >= 4 is 5.91 Å². The summed E-state index contributed by atoms with van der Waals surface area (Å²) in [6.07, 6.45) is -7.58. The third-order valence-electron chi connectivity index (χ3n) is 6.11. The van der Waals surface area contributed by atoms with E-state index in [4.69, 9.17) is 20.9 Å². The zero-order valence-corrected chi connectivity index (χ0v) is 17.5. The molecule has 2 rings (SSSR count). The van der Waals surface area contributed by atoms with Gasteiger partial charge in [0.25, 0.3) is 5.91 Å². The van der Waals surface area contributed by atoms with Gasteiger partial charge in [0.15, 0.2) is 12.4 Å². The number of ether oxygens (including phenoxy) is 2. The van der Waals surface area contributed by atoms with Gasteiger partial charge in [-0.25, -0.2) is 0 Å². The van der Waals surface area contributed by atoms with Gasteiger partial charge in [-0.15, -0.1) is 0 Å². The highest BCUT2D eigenvalue weighted by Crippen LogP contribution is 2.31. The molecule has 0 spiro atoms. The van der Waals surface area contributed by atoms with E-state index in [0.29, 0.717) is 0 Å². The maximum absolute atomic E-state index is 12.3. The summed E-state index contributed by atoms with van der Waals surface area (Å²) in [6, 6.07) is -2.06. The lowest BCUT2D eigenvalue weighted by atomic mass is 9.78. The van der Waals surface area contributed by atoms with E-state index in [9.17, 15) is 30.3 Å². The summed E-state index contributed by atoms with van der Waals surface area (Å²) in [6.45, 7) is 2.80. The van der Waals surface area contributed by atoms with Crippen LogP contribution in [0.15, 0.2) is 0 Å². The lowest BCUT2D eigenvalue weighted by Gasteiger charge is -2.48. The van der Waals surface area contributed by atoms with E-state index >= 15 is 0 Å². The molecule has 1 amide bonds. The molecule has 2 aliphatic rings. The molecular formula is C18H36N4O8. The Bertz CT molecular complexity index is 582. The molecule has 176 valence electrons. The molecular weight excluding hydrogens is 400 g/mol. The second kappa shape index (κ2) is 10.1. The molecule has 12 nitrogen and oxygen atoms in total. The van der Waals surface area contributed by atoms with Crippen molar-refractivity contribution in [2.45, 2.75) is 80.8 Å². The van der Waals surface area contributed by atoms with Crippen molar-refractivity contribution in [1.82, 2.24) is 10.6 Å². The highest BCUT2D eigenvalue weighted by atomic mass is 16.7. The molecule has 1 saturated heterocycles. The molecule has 1 saturated carbocycles. The Balaban J connectivity index is 2.17. The minimum absolute atomic E-state index is 0.128. The predicted molar refractivity (Wildman–Crippen MR) is 105 cm³/mol. The van der Waals surface area contributed by atoms with E-state index in [0.717, 1.165) is 0 Å². The molecule has 0 aromatic heterocycles. The van der Waals surface area contributed by atoms with Crippen LogP contribution in [-0.2, 0) is 14.3 Å². The van der Waals surface area contributed by atoms with Crippen molar-refractivity contribution in [2.24, 2.45) is 17.4 Å². The second-order valence-corrected chi connectivity index (χ2v) is 8.51. The van der Waals surface area contributed by atoms with Crippen molar-refractivity contribution in [3.05, 3.63) is 0 Å². The molecule has 12 heteroatoms. The zero-order valence-electron chi connectivity index (χ0n) is 17.5. The van der Waals surface area contributed by atoms with E-state index in [1.165, 1.54) is 6.92 Å². The Hall–Kier alpha value is -0.930. The lowest BCUT2D eigenvalue weighted by Crippen LogP contribution is -2.68. The van der Waals surface area contributed by atoms with Crippen molar-refractivity contribution < 1.29 is 39.8 Å². The van der Waals surface area contributed by atoms with E-state index in [1.54, 1.807) is 14.0 Å². The fourth-order valence-corrected chi connectivity index (χ4v) is 4.04. The van der Waals surface area contributed by atoms with Gasteiger partial charge in [-0.3, -0.25) is 4.79 Å². The van der Waals surface area contributed by atoms with Crippen LogP contribution < -0.4 is 22.1 Å². The van der Waals surface area contributed by atoms with Crippen LogP contribution in [0.2, 0.25) is 0 Å². The van der Waals surface area contributed by atoms with Gasteiger partial charge in [0.05, 0.1) is 24.8 Å². The quantitative estimate of drug-likeness (QED) is 0.185. The number of nitrogens with two attached hydrogens (primary N) is 2. The predicted octanol–water partition coefficient (Wildman–Crippen LogP) is -4.68. The van der Waals surface area contributed by atoms with E-state index in [1.807, 2.05) is 0 Å². The third kappa shape index (κ3) is 5.27. The van der Waals surface area contributed by atoms with Crippen LogP contribution >= 0.6 is 0 Å². The standard InChI is InChI=1S/C18H36N4O8/c1-7-8(20)4-9(22-16(27)12(25)10(23)5-19)14(11(7)24)30-17-13(26)15(21-3)18(2,28)6-29-17/h7-15,17,21,23-26,28H,4-6,19-20H2,1-3H3,(H,22,27)/t7?,8-,9+,10?,11-,12?,13+,14-,15+,17+,18-/m0/s1. The van der Waals surface area contributed by atoms with Crippen molar-refractivity contribution in [1.29, 1.82) is 0 Å². The van der Waals surface area contributed by atoms with Gasteiger partial charge in [-0.2, -0.15) is 0 Å². The summed E-state index contributed by atoms with van der Waals surface area (Å²) in [5.41, 5.74) is 10.0. The van der Waals surface area contributed by atoms with Gasteiger partial charge in [0.1, 0.15) is 23.9 Å². The summed E-state index contributed by atoms with van der Waals surface area (Å²) in [5.74, 6) is -1.27. The van der Waals surface area contributed by atoms with Crippen molar-refractivity contribution in [2.75, 3.05) is 20.2 Å². The first-order valence-corrected chi connectivity index (χ1v) is 10.1. The molecule has 11 N–H and O–H groups in total. The molecule has 0 radical (unpaired) electrons. The maximum Gasteiger partial charge on any atom is 0.251 e. The summed E-state index contributed by atoms with van der Waals surface area (Å²) in [7, 11) is 1.58. The van der Waals surface area contributed by atoms with E-state index < -0.39 is 66.4 Å². The molecule has 2 fully saturated rings. The Kier molecular flexibility index (Phi) is 8.55. The van der Waals surface area contributed by atoms with Crippen LogP contribution in [0.3, 0.4) is 0 Å². The van der Waals surface area contributed by atoms with Gasteiger partial charge in [0.2, 0.25) is 0 Å². The molecule has 11 atom stereocenters. The van der Waals surface area contributed by atoms with Crippen molar-refractivity contribution in [3.63, 3.8) is 0 Å². The first kappa shape index (κ1) is 25.3. The molecule has 0 aromatic carbocycles. The number of amides is 1. The van der Waals surface area contributed by atoms with Gasteiger partial charge in [0, 0.05) is 12.6 Å². The van der Waals surface area contributed by atoms with Crippen molar-refractivity contribution in [3.8, 4) is 0 Å². The number of carbonyl (C=O) groups excluding carboxylic acids is 1. The number of aliphatic hydroxyl groups excluding tert-OH is 4. The number of likely N-dealkylation sites (N-methyl/N-ethyl adjacent to an activating group) is 1. The number of carbonyl (C=O) groups is 1. The first-order valence-electron chi connectivity index (χ1n) is 10.1. The van der Waals surface area contributed by atoms with E-state index in [2.05, 4.69) is 10.6 Å². The lowest BCUT2D eigenvalue weighted by molar-refractivity contribution is -0.295. The van der Waals surface area contributed by atoms with Gasteiger partial charge < -0.3 is 57.1 Å². The second-order valence-electron chi connectivity index (χ2n) is 8.51. The monoisotopic (exact) mass is 436 g/mol. The van der Waals surface area contributed by atoms with Crippen LogP contribution in [0.4, 0.5) is 0 Å². The maximum atomic E-state index is 12.3. The van der Waals surface area contributed by atoms with Gasteiger partial charge >= 0.3 is 0 Å². The summed E-state index contributed by atoms with van der Waals surface area (Å²) >= 11 is 0. The smallest absolute Gasteiger partial charge is 0.251 e. The van der Waals surface area contributed by atoms with E-state index in [-0.39, 0.29) is 25.5 Å². The highest BCUT2D eigenvalue weighted by Gasteiger charge is 2.50. The Labute approximate surface area is 175 Å². The Morgan fingerprint density at radius 2 is 1.97 bits per heavy atom. The minimum atomic E-state index is -1.76. The number of nitrogens with one attached hydrogen (secondary N) is 2. The fourth-order valence-electron chi connectivity index (χ4n) is 4.04. The highest BCUT2D eigenvalue weighted by molar-refractivity contribution is 5.81. The first-order chi connectivity index (χ1) is 13.9. The fraction of sp³-hybridized carbons (Fsp3) is 0.944. The third-order valence-corrected chi connectivity index (χ3v) is 6.11. The number of rotatable bonds is 7. The summed E-state index contributed by atoms with van der Waals surface area (Å²) in [4.78, 5) is 12.3. The molecule has 1 aliphatic heterocycles. The van der Waals surface area contributed by atoms with Crippen LogP contribution in [0.1, 0.15) is 20.3 Å². The topological polar surface area (TPSA) is 213 Å². The molecule has 1 aliphatic carbocycles.